The largest absolute Gasteiger partial charge is 0.478 e. The molecule has 24 heavy (non-hydrogen) atoms. The summed E-state index contributed by atoms with van der Waals surface area (Å²) in [7, 11) is -3.50. The molecule has 2 unspecified atom stereocenters. The molecule has 1 fully saturated rings. The summed E-state index contributed by atoms with van der Waals surface area (Å²) >= 11 is 0. The highest BCUT2D eigenvalue weighted by Crippen LogP contribution is 2.19. The highest BCUT2D eigenvalue weighted by Gasteiger charge is 2.35. The zero-order valence-electron chi connectivity index (χ0n) is 12.8. The normalized spacial score (nSPS) is 20.8. The summed E-state index contributed by atoms with van der Waals surface area (Å²) in [5.74, 6) is -2.46. The molecule has 9 heteroatoms. The summed E-state index contributed by atoms with van der Waals surface area (Å²) in [5, 5.41) is 10.3. The first kappa shape index (κ1) is 18.2. The molecule has 2 atom stereocenters. The quantitative estimate of drug-likeness (QED) is 0.775. The Bertz CT molecular complexity index is 703. The molecule has 1 aliphatic heterocycles. The zero-order valence-corrected chi connectivity index (χ0v) is 13.6. The average molecular weight is 359 g/mol. The fourth-order valence-electron chi connectivity index (χ4n) is 2.41. The third-order valence-corrected chi connectivity index (χ3v) is 5.87. The van der Waals surface area contributed by atoms with Crippen LogP contribution in [0.3, 0.4) is 0 Å². The van der Waals surface area contributed by atoms with Crippen molar-refractivity contribution in [2.45, 2.75) is 30.6 Å². The van der Waals surface area contributed by atoms with Crippen molar-refractivity contribution in [3.05, 3.63) is 30.1 Å². The number of halogens is 1. The lowest BCUT2D eigenvalue weighted by Crippen LogP contribution is -2.47. The number of amides is 1. The summed E-state index contributed by atoms with van der Waals surface area (Å²) in [6.45, 7) is -0.391. The average Bonchev–Trinajstić information content (AvgIpc) is 2.52. The number of aliphatic carboxylic acids is 1. The maximum atomic E-state index is 12.8. The van der Waals surface area contributed by atoms with Crippen LogP contribution in [0.2, 0.25) is 0 Å². The van der Waals surface area contributed by atoms with E-state index in [1.54, 1.807) is 0 Å². The van der Waals surface area contributed by atoms with E-state index in [0.717, 1.165) is 12.1 Å². The minimum atomic E-state index is -3.50. The minimum absolute atomic E-state index is 0.0421. The molecule has 1 saturated heterocycles. The van der Waals surface area contributed by atoms with Crippen LogP contribution in [-0.4, -0.2) is 49.1 Å². The molecule has 2 N–H and O–H groups in total. The summed E-state index contributed by atoms with van der Waals surface area (Å²) < 4.78 is 41.8. The monoisotopic (exact) mass is 359 g/mol. The van der Waals surface area contributed by atoms with Gasteiger partial charge in [0, 0.05) is 0 Å². The molecule has 0 spiro atoms. The van der Waals surface area contributed by atoms with Crippen molar-refractivity contribution >= 4 is 21.7 Å². The molecule has 1 aromatic carbocycles. The smallest absolute Gasteiger partial charge is 0.346 e. The van der Waals surface area contributed by atoms with Gasteiger partial charge in [0.2, 0.25) is 12.0 Å². The number of sulfone groups is 1. The van der Waals surface area contributed by atoms with Gasteiger partial charge >= 0.3 is 5.97 Å². The van der Waals surface area contributed by atoms with Crippen LogP contribution in [0.1, 0.15) is 19.3 Å². The second-order valence-electron chi connectivity index (χ2n) is 5.50. The van der Waals surface area contributed by atoms with E-state index in [2.05, 4.69) is 5.32 Å². The lowest BCUT2D eigenvalue weighted by Gasteiger charge is -2.22. The number of hydrogen-bond acceptors (Lipinski definition) is 5. The molecule has 1 heterocycles. The molecule has 0 aromatic heterocycles. The number of carboxylic acid groups (broad SMARTS) is 1. The van der Waals surface area contributed by atoms with Crippen molar-refractivity contribution in [2.75, 3.05) is 12.3 Å². The van der Waals surface area contributed by atoms with E-state index in [4.69, 9.17) is 9.84 Å². The van der Waals surface area contributed by atoms with Gasteiger partial charge in [-0.15, -0.1) is 0 Å². The van der Waals surface area contributed by atoms with Crippen LogP contribution < -0.4 is 10.1 Å². The molecule has 2 rings (SSSR count). The molecule has 1 aliphatic rings. The fraction of sp³-hybridized carbons (Fsp3) is 0.467. The van der Waals surface area contributed by atoms with Crippen molar-refractivity contribution in [2.24, 2.45) is 0 Å². The van der Waals surface area contributed by atoms with Crippen LogP contribution in [0.4, 0.5) is 4.39 Å². The van der Waals surface area contributed by atoms with E-state index in [0.29, 0.717) is 12.8 Å². The second kappa shape index (κ2) is 7.61. The van der Waals surface area contributed by atoms with Crippen molar-refractivity contribution in [3.63, 3.8) is 0 Å². The van der Waals surface area contributed by atoms with Gasteiger partial charge in [-0.2, -0.15) is 0 Å². The van der Waals surface area contributed by atoms with E-state index in [1.165, 1.54) is 12.1 Å². The van der Waals surface area contributed by atoms with E-state index in [1.807, 2.05) is 0 Å². The topological polar surface area (TPSA) is 110 Å². The van der Waals surface area contributed by atoms with Gasteiger partial charge < -0.3 is 15.2 Å². The second-order valence-corrected chi connectivity index (χ2v) is 7.80. The van der Waals surface area contributed by atoms with Gasteiger partial charge in [0.25, 0.3) is 0 Å². The minimum Gasteiger partial charge on any atom is -0.478 e. The molecule has 0 radical (unpaired) electrons. The third-order valence-electron chi connectivity index (χ3n) is 3.70. The number of benzene rings is 1. The molecular formula is C15H18FNO6S. The van der Waals surface area contributed by atoms with Gasteiger partial charge in [0.1, 0.15) is 16.8 Å². The molecule has 0 aliphatic carbocycles. The van der Waals surface area contributed by atoms with Crippen molar-refractivity contribution in [1.82, 2.24) is 5.32 Å². The molecule has 0 saturated carbocycles. The van der Waals surface area contributed by atoms with Gasteiger partial charge in [0.15, 0.2) is 9.84 Å². The predicted molar refractivity (Wildman–Crippen MR) is 82.9 cm³/mol. The molecule has 0 bridgehead atoms. The Morgan fingerprint density at radius 3 is 2.54 bits per heavy atom. The first-order valence-electron chi connectivity index (χ1n) is 7.44. The van der Waals surface area contributed by atoms with Crippen molar-refractivity contribution in [1.29, 1.82) is 0 Å². The number of hydrogen-bond donors (Lipinski definition) is 2. The highest BCUT2D eigenvalue weighted by atomic mass is 32.2. The van der Waals surface area contributed by atoms with E-state index < -0.39 is 45.4 Å². The standard InChI is InChI=1S/C15H18FNO6S/c16-10-4-6-11(7-5-10)23-12(15(19)20)9-17-14(18)13-3-1-2-8-24(13,21)22/h4-7,12-13H,1-3,8-9H2,(H,17,18)(H,19,20). The van der Waals surface area contributed by atoms with Crippen LogP contribution in [0.25, 0.3) is 0 Å². The van der Waals surface area contributed by atoms with Crippen molar-refractivity contribution in [3.8, 4) is 5.75 Å². The molecule has 132 valence electrons. The van der Waals surface area contributed by atoms with Crippen molar-refractivity contribution < 1.29 is 32.2 Å². The first-order chi connectivity index (χ1) is 11.3. The van der Waals surface area contributed by atoms with Gasteiger partial charge in [-0.1, -0.05) is 6.42 Å². The van der Waals surface area contributed by atoms with Crippen LogP contribution in [0.5, 0.6) is 5.75 Å². The zero-order chi connectivity index (χ0) is 17.7. The maximum Gasteiger partial charge on any atom is 0.346 e. The number of ether oxygens (including phenoxy) is 1. The van der Waals surface area contributed by atoms with Gasteiger partial charge in [0.05, 0.1) is 12.3 Å². The van der Waals surface area contributed by atoms with E-state index in [9.17, 15) is 22.4 Å². The third kappa shape index (κ3) is 4.67. The van der Waals surface area contributed by atoms with Crippen LogP contribution in [0.15, 0.2) is 24.3 Å². The Morgan fingerprint density at radius 1 is 1.29 bits per heavy atom. The Kier molecular flexibility index (Phi) is 5.76. The van der Waals surface area contributed by atoms with E-state index in [-0.39, 0.29) is 17.9 Å². The number of nitrogens with one attached hydrogen (secondary N) is 1. The maximum absolute atomic E-state index is 12.8. The van der Waals surface area contributed by atoms with Gasteiger partial charge in [-0.25, -0.2) is 17.6 Å². The highest BCUT2D eigenvalue weighted by molar-refractivity contribution is 7.92. The van der Waals surface area contributed by atoms with Gasteiger partial charge in [-0.05, 0) is 37.1 Å². The van der Waals surface area contributed by atoms with Crippen LogP contribution >= 0.6 is 0 Å². The number of carboxylic acids is 1. The first-order valence-corrected chi connectivity index (χ1v) is 9.15. The predicted octanol–water partition coefficient (Wildman–Crippen LogP) is 0.741. The van der Waals surface area contributed by atoms with Gasteiger partial charge in [-0.3, -0.25) is 4.79 Å². The lowest BCUT2D eigenvalue weighted by molar-refractivity contribution is -0.145. The van der Waals surface area contributed by atoms with E-state index >= 15 is 0 Å². The number of carbonyl (C=O) groups is 2. The number of carbonyl (C=O) groups excluding carboxylic acids is 1. The lowest BCUT2D eigenvalue weighted by atomic mass is 10.2. The summed E-state index contributed by atoms with van der Waals surface area (Å²) in [4.78, 5) is 23.3. The Hall–Kier alpha value is -2.16. The van der Waals surface area contributed by atoms with Crippen LogP contribution in [-0.2, 0) is 19.4 Å². The molecule has 1 amide bonds. The Labute approximate surface area is 138 Å². The fourth-order valence-corrected chi connectivity index (χ4v) is 4.24. The summed E-state index contributed by atoms with van der Waals surface area (Å²) in [6, 6.07) is 4.75. The number of rotatable bonds is 6. The molecule has 1 aromatic rings. The summed E-state index contributed by atoms with van der Waals surface area (Å²) in [5.41, 5.74) is 0. The Balaban J connectivity index is 1.97. The SMILES string of the molecule is O=C(O)C(CNC(=O)C1CCCCS1(=O)=O)Oc1ccc(F)cc1. The summed E-state index contributed by atoms with van der Waals surface area (Å²) in [6.07, 6.45) is -0.0284. The molecular weight excluding hydrogens is 341 g/mol. The molecule has 7 nitrogen and oxygen atoms in total. The van der Waals surface area contributed by atoms with Crippen LogP contribution in [0, 0.1) is 5.82 Å². The Morgan fingerprint density at radius 2 is 1.96 bits per heavy atom.